The number of hydrogen-bond donors (Lipinski definition) is 0. The number of carbonyl (C=O) groups excluding carboxylic acids is 1. The second-order valence-electron chi connectivity index (χ2n) is 3.48. The summed E-state index contributed by atoms with van der Waals surface area (Å²) >= 11 is 3.30. The predicted octanol–water partition coefficient (Wildman–Crippen LogP) is 3.27. The Morgan fingerprint density at radius 3 is 2.62 bits per heavy atom. The lowest BCUT2D eigenvalue weighted by Gasteiger charge is -2.01. The maximum atomic E-state index is 11.9. The van der Waals surface area contributed by atoms with Crippen LogP contribution in [0.2, 0.25) is 0 Å². The number of hydrogen-bond acceptors (Lipinski definition) is 2. The van der Waals surface area contributed by atoms with E-state index in [1.165, 1.54) is 0 Å². The Balaban J connectivity index is 2.15. The maximum absolute atomic E-state index is 11.9. The molecular weight excluding hydrogens is 266 g/mol. The highest BCUT2D eigenvalue weighted by molar-refractivity contribution is 9.10. The fraction of sp³-hybridized carbons (Fsp3) is 0.0769. The Bertz CT molecular complexity index is 496. The molecule has 0 atom stereocenters. The minimum Gasteiger partial charge on any atom is -0.294 e. The highest BCUT2D eigenvalue weighted by Crippen LogP contribution is 2.12. The van der Waals surface area contributed by atoms with E-state index in [0.717, 1.165) is 10.0 Å². The molecule has 2 rings (SSSR count). The predicted molar refractivity (Wildman–Crippen MR) is 66.4 cm³/mol. The van der Waals surface area contributed by atoms with Crippen LogP contribution in [0, 0.1) is 0 Å². The van der Waals surface area contributed by atoms with Crippen LogP contribution in [0.1, 0.15) is 15.9 Å². The van der Waals surface area contributed by atoms with Crippen molar-refractivity contribution in [3.8, 4) is 0 Å². The number of nitrogens with zero attached hydrogens (tertiary/aromatic N) is 1. The molecule has 1 aromatic heterocycles. The Kier molecular flexibility index (Phi) is 3.47. The van der Waals surface area contributed by atoms with Crippen molar-refractivity contribution < 1.29 is 4.79 Å². The van der Waals surface area contributed by atoms with Gasteiger partial charge in [-0.1, -0.05) is 30.3 Å². The summed E-state index contributed by atoms with van der Waals surface area (Å²) in [5, 5.41) is 0. The van der Waals surface area contributed by atoms with E-state index in [4.69, 9.17) is 0 Å². The van der Waals surface area contributed by atoms with E-state index < -0.39 is 0 Å². The van der Waals surface area contributed by atoms with Crippen LogP contribution in [0.25, 0.3) is 0 Å². The first-order chi connectivity index (χ1) is 7.75. The smallest absolute Gasteiger partial charge is 0.168 e. The van der Waals surface area contributed by atoms with Crippen molar-refractivity contribution in [2.45, 2.75) is 6.42 Å². The van der Waals surface area contributed by atoms with Crippen molar-refractivity contribution in [2.75, 3.05) is 0 Å². The molecule has 2 aromatic rings. The zero-order chi connectivity index (χ0) is 11.4. The van der Waals surface area contributed by atoms with Crippen molar-refractivity contribution in [3.05, 3.63) is 64.4 Å². The quantitative estimate of drug-likeness (QED) is 0.805. The molecule has 0 radical (unpaired) electrons. The molecule has 3 heteroatoms. The molecule has 0 aliphatic heterocycles. The van der Waals surface area contributed by atoms with Crippen LogP contribution in [-0.2, 0) is 6.42 Å². The molecule has 0 fully saturated rings. The second kappa shape index (κ2) is 5.03. The fourth-order valence-electron chi connectivity index (χ4n) is 1.45. The Morgan fingerprint density at radius 1 is 1.19 bits per heavy atom. The van der Waals surface area contributed by atoms with Gasteiger partial charge >= 0.3 is 0 Å². The highest BCUT2D eigenvalue weighted by Gasteiger charge is 2.07. The second-order valence-corrected chi connectivity index (χ2v) is 4.39. The average Bonchev–Trinajstić information content (AvgIpc) is 2.30. The Morgan fingerprint density at radius 2 is 1.94 bits per heavy atom. The van der Waals surface area contributed by atoms with Gasteiger partial charge in [0, 0.05) is 28.9 Å². The molecule has 0 amide bonds. The van der Waals surface area contributed by atoms with E-state index in [9.17, 15) is 4.79 Å². The third kappa shape index (κ3) is 2.76. The number of ketones is 1. The number of benzene rings is 1. The maximum Gasteiger partial charge on any atom is 0.168 e. The summed E-state index contributed by atoms with van der Waals surface area (Å²) < 4.78 is 0.825. The fourth-order valence-corrected chi connectivity index (χ4v) is 1.81. The largest absolute Gasteiger partial charge is 0.294 e. The molecule has 80 valence electrons. The molecule has 0 saturated heterocycles. The first-order valence-electron chi connectivity index (χ1n) is 4.93. The lowest BCUT2D eigenvalue weighted by Crippen LogP contribution is -2.03. The van der Waals surface area contributed by atoms with Crippen LogP contribution in [0.5, 0.6) is 0 Å². The van der Waals surface area contributed by atoms with Crippen molar-refractivity contribution in [2.24, 2.45) is 0 Å². The van der Waals surface area contributed by atoms with Gasteiger partial charge in [-0.3, -0.25) is 9.78 Å². The summed E-state index contributed by atoms with van der Waals surface area (Å²) in [7, 11) is 0. The number of aromatic nitrogens is 1. The first-order valence-corrected chi connectivity index (χ1v) is 5.72. The number of carbonyl (C=O) groups is 1. The van der Waals surface area contributed by atoms with Crippen LogP contribution in [-0.4, -0.2) is 10.8 Å². The van der Waals surface area contributed by atoms with E-state index in [2.05, 4.69) is 20.9 Å². The van der Waals surface area contributed by atoms with Gasteiger partial charge in [-0.05, 0) is 27.6 Å². The Labute approximate surface area is 102 Å². The van der Waals surface area contributed by atoms with E-state index >= 15 is 0 Å². The first kappa shape index (κ1) is 11.0. The lowest BCUT2D eigenvalue weighted by molar-refractivity contribution is 0.0992. The summed E-state index contributed by atoms with van der Waals surface area (Å²) in [5.41, 5.74) is 1.66. The zero-order valence-electron chi connectivity index (χ0n) is 8.56. The summed E-state index contributed by atoms with van der Waals surface area (Å²) in [5.74, 6) is 0.0833. The number of Topliss-reactive ketones (excluding diaryl/α,β-unsaturated/α-hetero) is 1. The van der Waals surface area contributed by atoms with Gasteiger partial charge in [-0.15, -0.1) is 0 Å². The summed E-state index contributed by atoms with van der Waals surface area (Å²) in [6.45, 7) is 0. The van der Waals surface area contributed by atoms with Gasteiger partial charge in [-0.25, -0.2) is 0 Å². The minimum absolute atomic E-state index is 0.0833. The topological polar surface area (TPSA) is 30.0 Å². The molecule has 0 spiro atoms. The van der Waals surface area contributed by atoms with E-state index in [1.54, 1.807) is 18.5 Å². The molecule has 1 heterocycles. The minimum atomic E-state index is 0.0833. The molecular formula is C13H10BrNO. The molecule has 0 unspecified atom stereocenters. The molecule has 0 N–H and O–H groups in total. The SMILES string of the molecule is O=C(Cc1ccccc1)c1cncc(Br)c1. The van der Waals surface area contributed by atoms with Gasteiger partial charge in [0.05, 0.1) is 0 Å². The van der Waals surface area contributed by atoms with Crippen LogP contribution < -0.4 is 0 Å². The number of halogens is 1. The van der Waals surface area contributed by atoms with Crippen molar-refractivity contribution in [1.82, 2.24) is 4.98 Å². The zero-order valence-corrected chi connectivity index (χ0v) is 10.1. The average molecular weight is 276 g/mol. The molecule has 1 aromatic carbocycles. The molecule has 0 bridgehead atoms. The van der Waals surface area contributed by atoms with E-state index in [1.807, 2.05) is 30.3 Å². The summed E-state index contributed by atoms with van der Waals surface area (Å²) in [6.07, 6.45) is 3.67. The third-order valence-electron chi connectivity index (χ3n) is 2.23. The third-order valence-corrected chi connectivity index (χ3v) is 2.67. The van der Waals surface area contributed by atoms with Crippen molar-refractivity contribution in [3.63, 3.8) is 0 Å². The standard InChI is InChI=1S/C13H10BrNO/c14-12-7-11(8-15-9-12)13(16)6-10-4-2-1-3-5-10/h1-5,7-9H,6H2. The summed E-state index contributed by atoms with van der Waals surface area (Å²) in [6, 6.07) is 11.5. The van der Waals surface area contributed by atoms with Crippen LogP contribution in [0.4, 0.5) is 0 Å². The van der Waals surface area contributed by atoms with E-state index in [-0.39, 0.29) is 5.78 Å². The normalized spacial score (nSPS) is 10.1. The molecule has 0 saturated carbocycles. The molecule has 0 aliphatic carbocycles. The van der Waals surface area contributed by atoms with E-state index in [0.29, 0.717) is 12.0 Å². The summed E-state index contributed by atoms with van der Waals surface area (Å²) in [4.78, 5) is 15.9. The lowest BCUT2D eigenvalue weighted by atomic mass is 10.0. The Hall–Kier alpha value is -1.48. The van der Waals surface area contributed by atoms with Crippen LogP contribution in [0.15, 0.2) is 53.3 Å². The molecule has 16 heavy (non-hydrogen) atoms. The van der Waals surface area contributed by atoms with Gasteiger partial charge in [-0.2, -0.15) is 0 Å². The molecule has 0 aliphatic rings. The van der Waals surface area contributed by atoms with Gasteiger partial charge < -0.3 is 0 Å². The van der Waals surface area contributed by atoms with Gasteiger partial charge in [0.1, 0.15) is 0 Å². The molecule has 2 nitrogen and oxygen atoms in total. The number of rotatable bonds is 3. The van der Waals surface area contributed by atoms with Crippen LogP contribution in [0.3, 0.4) is 0 Å². The highest BCUT2D eigenvalue weighted by atomic mass is 79.9. The van der Waals surface area contributed by atoms with Gasteiger partial charge in [0.25, 0.3) is 0 Å². The van der Waals surface area contributed by atoms with Crippen molar-refractivity contribution in [1.29, 1.82) is 0 Å². The van der Waals surface area contributed by atoms with Crippen LogP contribution >= 0.6 is 15.9 Å². The van der Waals surface area contributed by atoms with Gasteiger partial charge in [0.15, 0.2) is 5.78 Å². The van der Waals surface area contributed by atoms with Crippen molar-refractivity contribution >= 4 is 21.7 Å². The monoisotopic (exact) mass is 275 g/mol. The number of pyridine rings is 1. The van der Waals surface area contributed by atoms with Gasteiger partial charge in [0.2, 0.25) is 0 Å².